The molecule has 0 unspecified atom stereocenters. The molecule has 0 radical (unpaired) electrons. The highest BCUT2D eigenvalue weighted by Gasteiger charge is 2.04. The standard InChI is InChI=1S/C12H17N5O/c1-4-5-13-10-7-11(15-9(3)14-10)16-12-6-8(2)18-17-12/h6-7H,4-5H2,1-3H3,(H2,13,14,15,16,17). The normalized spacial score (nSPS) is 10.4. The molecule has 2 aromatic rings. The first-order valence-electron chi connectivity index (χ1n) is 5.97. The van der Waals surface area contributed by atoms with Crippen molar-refractivity contribution in [2.24, 2.45) is 0 Å². The van der Waals surface area contributed by atoms with E-state index in [0.29, 0.717) is 17.5 Å². The maximum absolute atomic E-state index is 4.99. The Morgan fingerprint density at radius 1 is 1.11 bits per heavy atom. The van der Waals surface area contributed by atoms with Crippen LogP contribution in [0.1, 0.15) is 24.9 Å². The average Bonchev–Trinajstić information content (AvgIpc) is 2.71. The average molecular weight is 247 g/mol. The predicted molar refractivity (Wildman–Crippen MR) is 70.1 cm³/mol. The molecule has 2 heterocycles. The van der Waals surface area contributed by atoms with Gasteiger partial charge in [-0.15, -0.1) is 0 Å². The van der Waals surface area contributed by atoms with Gasteiger partial charge in [-0.2, -0.15) is 0 Å². The Kier molecular flexibility index (Phi) is 3.76. The summed E-state index contributed by atoms with van der Waals surface area (Å²) in [5.74, 6) is 3.62. The summed E-state index contributed by atoms with van der Waals surface area (Å²) in [6.07, 6.45) is 1.05. The van der Waals surface area contributed by atoms with E-state index in [-0.39, 0.29) is 0 Å². The van der Waals surface area contributed by atoms with Crippen molar-refractivity contribution >= 4 is 17.5 Å². The zero-order valence-electron chi connectivity index (χ0n) is 10.8. The lowest BCUT2D eigenvalue weighted by Crippen LogP contribution is -2.05. The Morgan fingerprint density at radius 2 is 1.89 bits per heavy atom. The monoisotopic (exact) mass is 247 g/mol. The maximum Gasteiger partial charge on any atom is 0.175 e. The van der Waals surface area contributed by atoms with Gasteiger partial charge >= 0.3 is 0 Å². The van der Waals surface area contributed by atoms with E-state index in [0.717, 1.165) is 24.5 Å². The molecule has 0 aromatic carbocycles. The molecule has 0 spiro atoms. The number of nitrogens with zero attached hydrogens (tertiary/aromatic N) is 3. The number of hydrogen-bond acceptors (Lipinski definition) is 6. The lowest BCUT2D eigenvalue weighted by atomic mass is 10.4. The van der Waals surface area contributed by atoms with Crippen LogP contribution in [0, 0.1) is 13.8 Å². The summed E-state index contributed by atoms with van der Waals surface area (Å²) in [6, 6.07) is 3.67. The molecule has 0 saturated heterocycles. The Hall–Kier alpha value is -2.11. The van der Waals surface area contributed by atoms with Gasteiger partial charge in [0.2, 0.25) is 0 Å². The fraction of sp³-hybridized carbons (Fsp3) is 0.417. The highest BCUT2D eigenvalue weighted by molar-refractivity contribution is 5.55. The van der Waals surface area contributed by atoms with Crippen molar-refractivity contribution in [3.63, 3.8) is 0 Å². The minimum atomic E-state index is 0.645. The zero-order valence-corrected chi connectivity index (χ0v) is 10.8. The van der Waals surface area contributed by atoms with Crippen LogP contribution in [0.25, 0.3) is 0 Å². The molecular formula is C12H17N5O. The molecule has 2 N–H and O–H groups in total. The van der Waals surface area contributed by atoms with Crippen molar-refractivity contribution < 1.29 is 4.52 Å². The van der Waals surface area contributed by atoms with Crippen molar-refractivity contribution in [2.75, 3.05) is 17.2 Å². The third-order valence-electron chi connectivity index (χ3n) is 2.28. The van der Waals surface area contributed by atoms with Crippen LogP contribution in [0.4, 0.5) is 17.5 Å². The van der Waals surface area contributed by atoms with Crippen LogP contribution < -0.4 is 10.6 Å². The van der Waals surface area contributed by atoms with E-state index in [2.05, 4.69) is 32.7 Å². The zero-order chi connectivity index (χ0) is 13.0. The van der Waals surface area contributed by atoms with E-state index in [1.807, 2.05) is 26.0 Å². The van der Waals surface area contributed by atoms with Crippen molar-refractivity contribution in [1.29, 1.82) is 0 Å². The Morgan fingerprint density at radius 3 is 2.56 bits per heavy atom. The first-order valence-corrected chi connectivity index (χ1v) is 5.97. The lowest BCUT2D eigenvalue weighted by molar-refractivity contribution is 0.400. The molecule has 0 bridgehead atoms. The number of aryl methyl sites for hydroxylation is 2. The van der Waals surface area contributed by atoms with Gasteiger partial charge in [-0.25, -0.2) is 9.97 Å². The quantitative estimate of drug-likeness (QED) is 0.846. The summed E-state index contributed by atoms with van der Waals surface area (Å²) in [5, 5.41) is 10.2. The van der Waals surface area contributed by atoms with Gasteiger partial charge in [0.1, 0.15) is 23.2 Å². The lowest BCUT2D eigenvalue weighted by Gasteiger charge is -2.07. The number of hydrogen-bond donors (Lipinski definition) is 2. The summed E-state index contributed by atoms with van der Waals surface area (Å²) >= 11 is 0. The van der Waals surface area contributed by atoms with Crippen molar-refractivity contribution in [3.05, 3.63) is 23.7 Å². The molecule has 2 aromatic heterocycles. The largest absolute Gasteiger partial charge is 0.370 e. The molecule has 2 rings (SSSR count). The summed E-state index contributed by atoms with van der Waals surface area (Å²) in [4.78, 5) is 8.61. The van der Waals surface area contributed by atoms with Gasteiger partial charge in [0.15, 0.2) is 5.82 Å². The molecule has 0 aliphatic rings. The van der Waals surface area contributed by atoms with Gasteiger partial charge in [0.05, 0.1) is 0 Å². The van der Waals surface area contributed by atoms with Crippen LogP contribution in [-0.4, -0.2) is 21.7 Å². The van der Waals surface area contributed by atoms with E-state index in [1.54, 1.807) is 0 Å². The van der Waals surface area contributed by atoms with Crippen LogP contribution in [0.2, 0.25) is 0 Å². The van der Waals surface area contributed by atoms with Crippen LogP contribution >= 0.6 is 0 Å². The molecular weight excluding hydrogens is 230 g/mol. The Balaban J connectivity index is 2.14. The van der Waals surface area contributed by atoms with Crippen molar-refractivity contribution in [2.45, 2.75) is 27.2 Å². The Bertz CT molecular complexity index is 523. The van der Waals surface area contributed by atoms with E-state index >= 15 is 0 Å². The predicted octanol–water partition coefficient (Wildman–Crippen LogP) is 2.65. The summed E-state index contributed by atoms with van der Waals surface area (Å²) in [7, 11) is 0. The maximum atomic E-state index is 4.99. The second kappa shape index (κ2) is 5.48. The molecule has 0 saturated carbocycles. The number of aromatic nitrogens is 3. The molecule has 18 heavy (non-hydrogen) atoms. The first-order chi connectivity index (χ1) is 8.67. The van der Waals surface area contributed by atoms with Gasteiger partial charge in [0.25, 0.3) is 0 Å². The minimum absolute atomic E-state index is 0.645. The van der Waals surface area contributed by atoms with Crippen molar-refractivity contribution in [3.8, 4) is 0 Å². The van der Waals surface area contributed by atoms with Crippen LogP contribution in [0.15, 0.2) is 16.7 Å². The highest BCUT2D eigenvalue weighted by Crippen LogP contribution is 2.17. The summed E-state index contributed by atoms with van der Waals surface area (Å²) < 4.78 is 4.99. The van der Waals surface area contributed by atoms with Gasteiger partial charge in [0, 0.05) is 18.7 Å². The third-order valence-corrected chi connectivity index (χ3v) is 2.28. The molecule has 96 valence electrons. The Labute approximate surface area is 106 Å². The summed E-state index contributed by atoms with van der Waals surface area (Å²) in [5.41, 5.74) is 0. The van der Waals surface area contributed by atoms with Gasteiger partial charge in [-0.1, -0.05) is 12.1 Å². The molecule has 0 aliphatic carbocycles. The van der Waals surface area contributed by atoms with Crippen molar-refractivity contribution in [1.82, 2.24) is 15.1 Å². The van der Waals surface area contributed by atoms with E-state index in [9.17, 15) is 0 Å². The van der Waals surface area contributed by atoms with E-state index < -0.39 is 0 Å². The SMILES string of the molecule is CCCNc1cc(Nc2cc(C)on2)nc(C)n1. The minimum Gasteiger partial charge on any atom is -0.370 e. The van der Waals surface area contributed by atoms with Crippen LogP contribution in [0.5, 0.6) is 0 Å². The fourth-order valence-electron chi connectivity index (χ4n) is 1.53. The molecule has 0 amide bonds. The number of anilines is 3. The molecule has 0 aliphatic heterocycles. The first kappa shape index (κ1) is 12.3. The van der Waals surface area contributed by atoms with Gasteiger partial charge in [-0.05, 0) is 20.3 Å². The number of nitrogens with one attached hydrogen (secondary N) is 2. The third kappa shape index (κ3) is 3.19. The topological polar surface area (TPSA) is 75.9 Å². The second-order valence-corrected chi connectivity index (χ2v) is 4.06. The molecule has 6 heteroatoms. The van der Waals surface area contributed by atoms with Crippen LogP contribution in [0.3, 0.4) is 0 Å². The highest BCUT2D eigenvalue weighted by atomic mass is 16.5. The second-order valence-electron chi connectivity index (χ2n) is 4.06. The molecule has 6 nitrogen and oxygen atoms in total. The van der Waals surface area contributed by atoms with Gasteiger partial charge in [-0.3, -0.25) is 0 Å². The number of rotatable bonds is 5. The smallest absolute Gasteiger partial charge is 0.175 e. The molecule has 0 fully saturated rings. The van der Waals surface area contributed by atoms with Crippen LogP contribution in [-0.2, 0) is 0 Å². The molecule has 0 atom stereocenters. The van der Waals surface area contributed by atoms with Gasteiger partial charge < -0.3 is 15.2 Å². The van der Waals surface area contributed by atoms with E-state index in [4.69, 9.17) is 4.52 Å². The summed E-state index contributed by atoms with van der Waals surface area (Å²) in [6.45, 7) is 6.70. The van der Waals surface area contributed by atoms with E-state index in [1.165, 1.54) is 0 Å². The fourth-order valence-corrected chi connectivity index (χ4v) is 1.53.